The summed E-state index contributed by atoms with van der Waals surface area (Å²) >= 11 is 5.96. The van der Waals surface area contributed by atoms with Crippen LogP contribution in [-0.2, 0) is 6.42 Å². The second-order valence-corrected chi connectivity index (χ2v) is 6.54. The molecule has 28 heavy (non-hydrogen) atoms. The Balaban J connectivity index is 1.69. The van der Waals surface area contributed by atoms with Crippen LogP contribution in [0.4, 0.5) is 10.6 Å². The third kappa shape index (κ3) is 4.53. The minimum absolute atomic E-state index is 0.215. The molecular weight excluding hydrogens is 376 g/mol. The average molecular weight is 395 g/mol. The number of amides is 3. The van der Waals surface area contributed by atoms with E-state index in [9.17, 15) is 9.59 Å². The highest BCUT2D eigenvalue weighted by atomic mass is 35.5. The Hall–Kier alpha value is -3.25. The third-order valence-corrected chi connectivity index (χ3v) is 4.50. The number of halogens is 1. The van der Waals surface area contributed by atoms with Crippen molar-refractivity contribution in [3.05, 3.63) is 76.6 Å². The van der Waals surface area contributed by atoms with E-state index in [4.69, 9.17) is 11.6 Å². The largest absolute Gasteiger partial charge is 0.327 e. The Morgan fingerprint density at radius 1 is 1.07 bits per heavy atom. The van der Waals surface area contributed by atoms with Gasteiger partial charge in [-0.05, 0) is 31.0 Å². The molecule has 0 spiro atoms. The van der Waals surface area contributed by atoms with Gasteiger partial charge < -0.3 is 0 Å². The van der Waals surface area contributed by atoms with Gasteiger partial charge >= 0.3 is 6.03 Å². The molecule has 1 heterocycles. The van der Waals surface area contributed by atoms with Crippen molar-refractivity contribution < 1.29 is 9.59 Å². The normalized spacial score (nSPS) is 10.4. The van der Waals surface area contributed by atoms with Gasteiger partial charge in [0.1, 0.15) is 0 Å². The molecule has 0 aliphatic heterocycles. The molecule has 142 valence electrons. The van der Waals surface area contributed by atoms with Gasteiger partial charge in [-0.2, -0.15) is 0 Å². The van der Waals surface area contributed by atoms with Crippen LogP contribution in [0.5, 0.6) is 0 Å². The summed E-state index contributed by atoms with van der Waals surface area (Å²) in [6, 6.07) is 13.9. The van der Waals surface area contributed by atoms with Gasteiger partial charge in [-0.1, -0.05) is 54.9 Å². The maximum atomic E-state index is 12.1. The second kappa shape index (κ2) is 8.63. The summed E-state index contributed by atoms with van der Waals surface area (Å²) in [5, 5.41) is 5.00. The molecule has 2 aromatic carbocycles. The summed E-state index contributed by atoms with van der Waals surface area (Å²) in [6.07, 6.45) is 2.42. The van der Waals surface area contributed by atoms with E-state index in [1.54, 1.807) is 18.2 Å². The van der Waals surface area contributed by atoms with E-state index >= 15 is 0 Å². The summed E-state index contributed by atoms with van der Waals surface area (Å²) in [5.41, 5.74) is 3.81. The molecule has 6 nitrogen and oxygen atoms in total. The lowest BCUT2D eigenvalue weighted by Gasteiger charge is -2.10. The number of rotatable bonds is 4. The highest BCUT2D eigenvalue weighted by molar-refractivity contribution is 6.34. The van der Waals surface area contributed by atoms with Crippen LogP contribution in [0, 0.1) is 6.92 Å². The molecule has 0 aliphatic rings. The number of hydrogen-bond acceptors (Lipinski definition) is 4. The molecule has 3 amide bonds. The van der Waals surface area contributed by atoms with Crippen molar-refractivity contribution in [3.8, 4) is 11.3 Å². The Labute approximate surface area is 168 Å². The van der Waals surface area contributed by atoms with Crippen molar-refractivity contribution >= 4 is 29.4 Å². The lowest BCUT2D eigenvalue weighted by molar-refractivity contribution is 0.0967. The van der Waals surface area contributed by atoms with Gasteiger partial charge in [0, 0.05) is 5.56 Å². The number of aromatic nitrogens is 2. The zero-order valence-electron chi connectivity index (χ0n) is 15.5. The van der Waals surface area contributed by atoms with Gasteiger partial charge in [0.2, 0.25) is 0 Å². The molecule has 0 atom stereocenters. The number of carbonyl (C=O) groups excluding carboxylic acids is 2. The van der Waals surface area contributed by atoms with Crippen LogP contribution >= 0.6 is 11.6 Å². The molecule has 0 saturated carbocycles. The monoisotopic (exact) mass is 394 g/mol. The zero-order valence-corrected chi connectivity index (χ0v) is 16.2. The highest BCUT2D eigenvalue weighted by Gasteiger charge is 2.14. The van der Waals surface area contributed by atoms with Gasteiger partial charge in [-0.15, -0.1) is 0 Å². The van der Waals surface area contributed by atoms with Crippen molar-refractivity contribution in [1.29, 1.82) is 0 Å². The van der Waals surface area contributed by atoms with Crippen molar-refractivity contribution in [2.45, 2.75) is 20.3 Å². The first-order valence-corrected chi connectivity index (χ1v) is 9.15. The SMILES string of the molecule is CCc1ccc(-c2ncc(NC(=O)NC(=O)c3ccccc3Cl)nc2C)cc1. The second-order valence-electron chi connectivity index (χ2n) is 6.13. The van der Waals surface area contributed by atoms with Crippen LogP contribution in [0.3, 0.4) is 0 Å². The number of aryl methyl sites for hydroxylation is 2. The standard InChI is InChI=1S/C21H19ClN4O2/c1-3-14-8-10-15(11-9-14)19-13(2)24-18(12-23-19)25-21(28)26-20(27)16-6-4-5-7-17(16)22/h4-12H,3H2,1-2H3,(H2,24,25,26,27,28). The third-order valence-electron chi connectivity index (χ3n) is 4.17. The molecule has 3 aromatic rings. The Morgan fingerprint density at radius 2 is 1.79 bits per heavy atom. The fraction of sp³-hybridized carbons (Fsp3) is 0.143. The predicted octanol–water partition coefficient (Wildman–Crippen LogP) is 4.63. The average Bonchev–Trinajstić information content (AvgIpc) is 2.68. The van der Waals surface area contributed by atoms with E-state index < -0.39 is 11.9 Å². The van der Waals surface area contributed by atoms with E-state index in [1.165, 1.54) is 17.8 Å². The summed E-state index contributed by atoms with van der Waals surface area (Å²) < 4.78 is 0. The molecule has 0 fully saturated rings. The maximum absolute atomic E-state index is 12.1. The smallest absolute Gasteiger partial charge is 0.291 e. The summed E-state index contributed by atoms with van der Waals surface area (Å²) in [6.45, 7) is 3.91. The summed E-state index contributed by atoms with van der Waals surface area (Å²) in [5.74, 6) is -0.351. The fourth-order valence-electron chi connectivity index (χ4n) is 2.69. The van der Waals surface area contributed by atoms with Crippen LogP contribution in [0.15, 0.2) is 54.7 Å². The number of nitrogens with zero attached hydrogens (tertiary/aromatic N) is 2. The van der Waals surface area contributed by atoms with Crippen molar-refractivity contribution in [2.24, 2.45) is 0 Å². The van der Waals surface area contributed by atoms with E-state index in [0.29, 0.717) is 5.69 Å². The molecule has 0 bridgehead atoms. The van der Waals surface area contributed by atoms with Gasteiger partial charge in [0.15, 0.2) is 5.82 Å². The van der Waals surface area contributed by atoms with Crippen molar-refractivity contribution in [1.82, 2.24) is 15.3 Å². The van der Waals surface area contributed by atoms with Crippen molar-refractivity contribution in [3.63, 3.8) is 0 Å². The first-order chi connectivity index (χ1) is 13.5. The minimum Gasteiger partial charge on any atom is -0.291 e. The summed E-state index contributed by atoms with van der Waals surface area (Å²) in [4.78, 5) is 33.0. The van der Waals surface area contributed by atoms with Crippen LogP contribution in [0.1, 0.15) is 28.5 Å². The van der Waals surface area contributed by atoms with E-state index in [1.807, 2.05) is 19.1 Å². The first kappa shape index (κ1) is 19.5. The molecule has 0 aliphatic carbocycles. The van der Waals surface area contributed by atoms with Crippen molar-refractivity contribution in [2.75, 3.05) is 5.32 Å². The maximum Gasteiger partial charge on any atom is 0.327 e. The Bertz CT molecular complexity index is 1020. The van der Waals surface area contributed by atoms with Crippen LogP contribution in [0.2, 0.25) is 5.02 Å². The predicted molar refractivity (Wildman–Crippen MR) is 110 cm³/mol. The molecule has 2 N–H and O–H groups in total. The highest BCUT2D eigenvalue weighted by Crippen LogP contribution is 2.21. The minimum atomic E-state index is -0.710. The number of benzene rings is 2. The quantitative estimate of drug-likeness (QED) is 0.675. The molecule has 0 radical (unpaired) electrons. The van der Waals surface area contributed by atoms with E-state index in [-0.39, 0.29) is 16.4 Å². The fourth-order valence-corrected chi connectivity index (χ4v) is 2.91. The van der Waals surface area contributed by atoms with Crippen LogP contribution < -0.4 is 10.6 Å². The molecular formula is C21H19ClN4O2. The number of imide groups is 1. The molecule has 0 unspecified atom stereocenters. The number of carbonyl (C=O) groups is 2. The van der Waals surface area contributed by atoms with Gasteiger partial charge in [-0.25, -0.2) is 9.78 Å². The Morgan fingerprint density at radius 3 is 2.43 bits per heavy atom. The molecule has 0 saturated heterocycles. The molecule has 7 heteroatoms. The molecule has 1 aromatic heterocycles. The first-order valence-electron chi connectivity index (χ1n) is 8.77. The number of hydrogen-bond donors (Lipinski definition) is 2. The van der Waals surface area contributed by atoms with E-state index in [0.717, 1.165) is 17.7 Å². The van der Waals surface area contributed by atoms with Gasteiger partial charge in [0.05, 0.1) is 28.2 Å². The van der Waals surface area contributed by atoms with Crippen LogP contribution in [-0.4, -0.2) is 21.9 Å². The topological polar surface area (TPSA) is 84.0 Å². The number of urea groups is 1. The summed E-state index contributed by atoms with van der Waals surface area (Å²) in [7, 11) is 0. The number of nitrogens with one attached hydrogen (secondary N) is 2. The van der Waals surface area contributed by atoms with Gasteiger partial charge in [0.25, 0.3) is 5.91 Å². The van der Waals surface area contributed by atoms with Gasteiger partial charge in [-0.3, -0.25) is 20.4 Å². The molecule has 3 rings (SSSR count). The van der Waals surface area contributed by atoms with E-state index in [2.05, 4.69) is 39.7 Å². The Kier molecular flexibility index (Phi) is 6.01. The van der Waals surface area contributed by atoms with Crippen LogP contribution in [0.25, 0.3) is 11.3 Å². The number of anilines is 1. The lowest BCUT2D eigenvalue weighted by Crippen LogP contribution is -2.34. The zero-order chi connectivity index (χ0) is 20.1. The lowest BCUT2D eigenvalue weighted by atomic mass is 10.1.